The summed E-state index contributed by atoms with van der Waals surface area (Å²) in [7, 11) is 0. The molecule has 33 heavy (non-hydrogen) atoms. The van der Waals surface area contributed by atoms with Crippen LogP contribution in [0.4, 0.5) is 5.69 Å². The van der Waals surface area contributed by atoms with E-state index in [1.807, 2.05) is 35.5 Å². The molecule has 2 saturated heterocycles. The minimum Gasteiger partial charge on any atom is -0.371 e. The van der Waals surface area contributed by atoms with E-state index in [-0.39, 0.29) is 5.91 Å². The van der Waals surface area contributed by atoms with Crippen molar-refractivity contribution in [3.63, 3.8) is 0 Å². The van der Waals surface area contributed by atoms with Crippen LogP contribution in [0.15, 0.2) is 42.7 Å². The summed E-state index contributed by atoms with van der Waals surface area (Å²) < 4.78 is 0. The number of imidazole rings is 1. The summed E-state index contributed by atoms with van der Waals surface area (Å²) in [4.78, 5) is 30.3. The number of hydrogen-bond donors (Lipinski definition) is 2. The van der Waals surface area contributed by atoms with Crippen molar-refractivity contribution in [1.29, 1.82) is 0 Å². The minimum atomic E-state index is 0.123. The van der Waals surface area contributed by atoms with E-state index in [1.165, 1.54) is 31.4 Å². The number of aromatic amines is 1. The number of aromatic nitrogens is 3. The fourth-order valence-corrected chi connectivity index (χ4v) is 5.52. The highest BCUT2D eigenvalue weighted by atomic mass is 16.2. The number of likely N-dealkylation sites (tertiary alicyclic amines) is 1. The van der Waals surface area contributed by atoms with Crippen LogP contribution in [0.3, 0.4) is 0 Å². The molecule has 6 rings (SSSR count). The molecule has 1 aromatic carbocycles. The van der Waals surface area contributed by atoms with Gasteiger partial charge < -0.3 is 20.1 Å². The molecule has 0 bridgehead atoms. The molecule has 0 radical (unpaired) electrons. The number of benzene rings is 1. The molecule has 1 aliphatic carbocycles. The van der Waals surface area contributed by atoms with Crippen LogP contribution < -0.4 is 10.2 Å². The van der Waals surface area contributed by atoms with E-state index in [0.29, 0.717) is 11.5 Å². The van der Waals surface area contributed by atoms with Gasteiger partial charge in [-0.1, -0.05) is 6.07 Å². The second-order valence-corrected chi connectivity index (χ2v) is 10.0. The van der Waals surface area contributed by atoms with Crippen LogP contribution in [0.2, 0.25) is 0 Å². The van der Waals surface area contributed by atoms with Crippen LogP contribution in [0.5, 0.6) is 0 Å². The van der Waals surface area contributed by atoms with Gasteiger partial charge in [0.2, 0.25) is 0 Å². The number of fused-ring (bicyclic) bond motifs is 1. The van der Waals surface area contributed by atoms with Crippen LogP contribution in [0.25, 0.3) is 11.0 Å². The summed E-state index contributed by atoms with van der Waals surface area (Å²) in [6.45, 7) is 4.58. The third kappa shape index (κ3) is 4.22. The number of rotatable bonds is 5. The molecule has 172 valence electrons. The first-order chi connectivity index (χ1) is 16.2. The van der Waals surface area contributed by atoms with Gasteiger partial charge in [-0.25, -0.2) is 4.98 Å². The Hall–Kier alpha value is -2.93. The van der Waals surface area contributed by atoms with Gasteiger partial charge in [-0.15, -0.1) is 0 Å². The van der Waals surface area contributed by atoms with E-state index < -0.39 is 0 Å². The molecule has 1 spiro atoms. The van der Waals surface area contributed by atoms with Crippen molar-refractivity contribution >= 4 is 22.6 Å². The largest absolute Gasteiger partial charge is 0.371 e. The molecule has 7 heteroatoms. The third-order valence-electron chi connectivity index (χ3n) is 7.89. The van der Waals surface area contributed by atoms with Crippen molar-refractivity contribution in [2.45, 2.75) is 51.1 Å². The Bertz CT molecular complexity index is 1120. The lowest BCUT2D eigenvalue weighted by Gasteiger charge is -2.47. The summed E-state index contributed by atoms with van der Waals surface area (Å²) in [6, 6.07) is 10.7. The van der Waals surface area contributed by atoms with Crippen LogP contribution in [0, 0.1) is 5.41 Å². The Morgan fingerprint density at radius 2 is 1.76 bits per heavy atom. The number of pyridine rings is 1. The van der Waals surface area contributed by atoms with Crippen molar-refractivity contribution in [2.24, 2.45) is 5.41 Å². The number of nitrogens with zero attached hydrogens (tertiary/aromatic N) is 4. The van der Waals surface area contributed by atoms with Crippen molar-refractivity contribution in [2.75, 3.05) is 31.1 Å². The van der Waals surface area contributed by atoms with Gasteiger partial charge in [0.1, 0.15) is 11.3 Å². The fraction of sp³-hybridized carbons (Fsp3) is 0.500. The molecule has 2 aromatic heterocycles. The van der Waals surface area contributed by atoms with Gasteiger partial charge in [0.15, 0.2) is 0 Å². The molecule has 4 heterocycles. The Balaban J connectivity index is 1.10. The van der Waals surface area contributed by atoms with Crippen LogP contribution in [-0.2, 0) is 6.54 Å². The lowest BCUT2D eigenvalue weighted by atomic mass is 9.71. The van der Waals surface area contributed by atoms with Crippen molar-refractivity contribution in [3.8, 4) is 0 Å². The standard InChI is InChI=1S/C26H32N6O/c33-25(21-2-1-3-22-24(21)30-23(29-22)18-28-19-4-5-19)32-16-10-26(11-17-32)8-14-31(15-9-26)20-6-12-27-13-7-20/h1-3,6-7,12-13,19,28H,4-5,8-11,14-18H2,(H,29,30). The smallest absolute Gasteiger partial charge is 0.256 e. The Morgan fingerprint density at radius 3 is 2.48 bits per heavy atom. The quantitative estimate of drug-likeness (QED) is 0.627. The highest BCUT2D eigenvalue weighted by Crippen LogP contribution is 2.42. The van der Waals surface area contributed by atoms with E-state index in [1.54, 1.807) is 0 Å². The number of carbonyl (C=O) groups excluding carboxylic acids is 1. The summed E-state index contributed by atoms with van der Waals surface area (Å²) >= 11 is 0. The van der Waals surface area contributed by atoms with Gasteiger partial charge in [-0.2, -0.15) is 0 Å². The first kappa shape index (κ1) is 20.7. The number of hydrogen-bond acceptors (Lipinski definition) is 5. The first-order valence-electron chi connectivity index (χ1n) is 12.3. The number of carbonyl (C=O) groups is 1. The molecule has 1 saturated carbocycles. The number of H-pyrrole nitrogens is 1. The predicted octanol–water partition coefficient (Wildman–Crippen LogP) is 3.73. The van der Waals surface area contributed by atoms with Gasteiger partial charge in [0.25, 0.3) is 5.91 Å². The Morgan fingerprint density at radius 1 is 1.03 bits per heavy atom. The second-order valence-electron chi connectivity index (χ2n) is 10.0. The van der Waals surface area contributed by atoms with Crippen molar-refractivity contribution in [1.82, 2.24) is 25.2 Å². The Labute approximate surface area is 194 Å². The maximum absolute atomic E-state index is 13.4. The normalized spacial score (nSPS) is 20.5. The number of para-hydroxylation sites is 1. The van der Waals surface area contributed by atoms with Gasteiger partial charge >= 0.3 is 0 Å². The fourth-order valence-electron chi connectivity index (χ4n) is 5.52. The monoisotopic (exact) mass is 444 g/mol. The zero-order valence-electron chi connectivity index (χ0n) is 19.1. The van der Waals surface area contributed by atoms with Gasteiger partial charge in [0, 0.05) is 50.3 Å². The Kier molecular flexibility index (Phi) is 5.29. The summed E-state index contributed by atoms with van der Waals surface area (Å²) in [5, 5.41) is 3.50. The molecule has 1 amide bonds. The van der Waals surface area contributed by atoms with Crippen LogP contribution in [0.1, 0.15) is 54.7 Å². The number of piperidine rings is 2. The maximum atomic E-state index is 13.4. The molecule has 2 N–H and O–H groups in total. The predicted molar refractivity (Wildman–Crippen MR) is 129 cm³/mol. The molecule has 0 atom stereocenters. The van der Waals surface area contributed by atoms with E-state index in [0.717, 1.165) is 68.0 Å². The van der Waals surface area contributed by atoms with E-state index in [2.05, 4.69) is 32.3 Å². The summed E-state index contributed by atoms with van der Waals surface area (Å²) in [6.07, 6.45) is 10.8. The van der Waals surface area contributed by atoms with Crippen molar-refractivity contribution in [3.05, 3.63) is 54.1 Å². The molecule has 2 aliphatic heterocycles. The average Bonchev–Trinajstić information content (AvgIpc) is 3.60. The summed E-state index contributed by atoms with van der Waals surface area (Å²) in [5.41, 5.74) is 4.13. The summed E-state index contributed by atoms with van der Waals surface area (Å²) in [5.74, 6) is 1.04. The van der Waals surface area contributed by atoms with Crippen LogP contribution in [-0.4, -0.2) is 58.0 Å². The zero-order chi connectivity index (χ0) is 22.3. The highest BCUT2D eigenvalue weighted by molar-refractivity contribution is 6.04. The average molecular weight is 445 g/mol. The maximum Gasteiger partial charge on any atom is 0.256 e. The molecule has 0 unspecified atom stereocenters. The molecule has 7 nitrogen and oxygen atoms in total. The third-order valence-corrected chi connectivity index (χ3v) is 7.89. The first-order valence-corrected chi connectivity index (χ1v) is 12.3. The highest BCUT2D eigenvalue weighted by Gasteiger charge is 2.39. The molecular weight excluding hydrogens is 412 g/mol. The number of amides is 1. The topological polar surface area (TPSA) is 77.2 Å². The van der Waals surface area contributed by atoms with Gasteiger partial charge in [0.05, 0.1) is 17.6 Å². The van der Waals surface area contributed by atoms with E-state index in [4.69, 9.17) is 4.98 Å². The van der Waals surface area contributed by atoms with E-state index in [9.17, 15) is 4.79 Å². The number of nitrogens with one attached hydrogen (secondary N) is 2. The van der Waals surface area contributed by atoms with Crippen molar-refractivity contribution < 1.29 is 4.79 Å². The second kappa shape index (κ2) is 8.45. The zero-order valence-corrected chi connectivity index (χ0v) is 19.1. The lowest BCUT2D eigenvalue weighted by molar-refractivity contribution is 0.0516. The van der Waals surface area contributed by atoms with Gasteiger partial charge in [-0.3, -0.25) is 9.78 Å². The molecule has 3 fully saturated rings. The van der Waals surface area contributed by atoms with E-state index >= 15 is 0 Å². The van der Waals surface area contributed by atoms with Crippen LogP contribution >= 0.6 is 0 Å². The minimum absolute atomic E-state index is 0.123. The SMILES string of the molecule is O=C(c1cccc2[nH]c(CNC3CC3)nc12)N1CCC2(CC1)CCN(c1ccncc1)CC2. The number of anilines is 1. The lowest BCUT2D eigenvalue weighted by Crippen LogP contribution is -2.48. The molecule has 3 aliphatic rings. The molecular formula is C26H32N6O. The molecule has 3 aromatic rings. The van der Waals surface area contributed by atoms with Gasteiger partial charge in [-0.05, 0) is 68.2 Å².